The van der Waals surface area contributed by atoms with Crippen molar-refractivity contribution in [1.82, 2.24) is 9.55 Å². The maximum absolute atomic E-state index is 12.0. The first-order chi connectivity index (χ1) is 8.47. The van der Waals surface area contributed by atoms with Crippen molar-refractivity contribution < 1.29 is 4.79 Å². The molecule has 0 radical (unpaired) electrons. The molecule has 0 saturated heterocycles. The highest BCUT2D eigenvalue weighted by atomic mass is 35.5. The fraction of sp³-hybridized carbons (Fsp3) is 0.167. The van der Waals surface area contributed by atoms with E-state index >= 15 is 0 Å². The SMILES string of the molecule is Cc1cnc(Cl)c(NC(=O)c2cc(Cl)cn2C)c1. The monoisotopic (exact) mass is 283 g/mol. The van der Waals surface area contributed by atoms with Gasteiger partial charge < -0.3 is 9.88 Å². The maximum atomic E-state index is 12.0. The van der Waals surface area contributed by atoms with E-state index in [1.165, 1.54) is 0 Å². The number of carbonyl (C=O) groups excluding carboxylic acids is 1. The molecule has 0 spiro atoms. The third kappa shape index (κ3) is 2.66. The minimum atomic E-state index is -0.279. The summed E-state index contributed by atoms with van der Waals surface area (Å²) in [7, 11) is 1.75. The Morgan fingerprint density at radius 1 is 1.39 bits per heavy atom. The number of aryl methyl sites for hydroxylation is 2. The molecule has 0 aromatic carbocycles. The molecular formula is C12H11Cl2N3O. The van der Waals surface area contributed by atoms with Gasteiger partial charge >= 0.3 is 0 Å². The minimum absolute atomic E-state index is 0.259. The molecule has 0 aliphatic carbocycles. The van der Waals surface area contributed by atoms with Crippen LogP contribution < -0.4 is 5.32 Å². The molecule has 6 heteroatoms. The molecular weight excluding hydrogens is 273 g/mol. The zero-order chi connectivity index (χ0) is 13.3. The van der Waals surface area contributed by atoms with Crippen LogP contribution in [-0.4, -0.2) is 15.5 Å². The quantitative estimate of drug-likeness (QED) is 0.860. The number of aromatic nitrogens is 2. The molecule has 0 aliphatic heterocycles. The topological polar surface area (TPSA) is 46.9 Å². The highest BCUT2D eigenvalue weighted by Crippen LogP contribution is 2.21. The molecule has 1 amide bonds. The third-order valence-corrected chi connectivity index (χ3v) is 2.94. The Hall–Kier alpha value is -1.52. The van der Waals surface area contributed by atoms with E-state index in [1.54, 1.807) is 36.1 Å². The number of carbonyl (C=O) groups is 1. The summed E-state index contributed by atoms with van der Waals surface area (Å²) in [6.45, 7) is 1.87. The number of nitrogens with zero attached hydrogens (tertiary/aromatic N) is 2. The van der Waals surface area contributed by atoms with Crippen molar-refractivity contribution in [3.63, 3.8) is 0 Å². The predicted molar refractivity (Wildman–Crippen MR) is 72.4 cm³/mol. The van der Waals surface area contributed by atoms with Gasteiger partial charge in [0.2, 0.25) is 0 Å². The van der Waals surface area contributed by atoms with Crippen molar-refractivity contribution in [2.45, 2.75) is 6.92 Å². The lowest BCUT2D eigenvalue weighted by atomic mass is 10.3. The molecule has 4 nitrogen and oxygen atoms in total. The lowest BCUT2D eigenvalue weighted by Gasteiger charge is -2.07. The van der Waals surface area contributed by atoms with Crippen molar-refractivity contribution >= 4 is 34.8 Å². The van der Waals surface area contributed by atoms with Crippen LogP contribution in [0.1, 0.15) is 16.1 Å². The van der Waals surface area contributed by atoms with E-state index in [4.69, 9.17) is 23.2 Å². The van der Waals surface area contributed by atoms with Gasteiger partial charge in [-0.05, 0) is 24.6 Å². The largest absolute Gasteiger partial charge is 0.345 e. The molecule has 2 heterocycles. The van der Waals surface area contributed by atoms with Crippen LogP contribution >= 0.6 is 23.2 Å². The highest BCUT2D eigenvalue weighted by molar-refractivity contribution is 6.33. The number of pyridine rings is 1. The summed E-state index contributed by atoms with van der Waals surface area (Å²) in [4.78, 5) is 16.0. The van der Waals surface area contributed by atoms with Crippen molar-refractivity contribution in [3.05, 3.63) is 46.0 Å². The van der Waals surface area contributed by atoms with Gasteiger partial charge in [0.25, 0.3) is 5.91 Å². The second-order valence-electron chi connectivity index (χ2n) is 3.96. The van der Waals surface area contributed by atoms with E-state index in [9.17, 15) is 4.79 Å². The van der Waals surface area contributed by atoms with Crippen LogP contribution in [0, 0.1) is 6.92 Å². The Balaban J connectivity index is 2.26. The Morgan fingerprint density at radius 3 is 2.72 bits per heavy atom. The zero-order valence-corrected chi connectivity index (χ0v) is 11.4. The predicted octanol–water partition coefficient (Wildman–Crippen LogP) is 3.29. The smallest absolute Gasteiger partial charge is 0.272 e. The molecule has 0 saturated carbocycles. The summed E-state index contributed by atoms with van der Waals surface area (Å²) in [6, 6.07) is 3.35. The zero-order valence-electron chi connectivity index (χ0n) is 9.87. The number of nitrogens with one attached hydrogen (secondary N) is 1. The van der Waals surface area contributed by atoms with Crippen LogP contribution in [0.3, 0.4) is 0 Å². The van der Waals surface area contributed by atoms with Crippen molar-refractivity contribution in [3.8, 4) is 0 Å². The molecule has 0 atom stereocenters. The Labute approximate surface area is 115 Å². The number of halogens is 2. The van der Waals surface area contributed by atoms with Crippen LogP contribution in [0.4, 0.5) is 5.69 Å². The molecule has 2 aromatic heterocycles. The molecule has 0 unspecified atom stereocenters. The average Bonchev–Trinajstić information content (AvgIpc) is 2.63. The Morgan fingerprint density at radius 2 is 2.11 bits per heavy atom. The summed E-state index contributed by atoms with van der Waals surface area (Å²) in [5.41, 5.74) is 1.86. The normalized spacial score (nSPS) is 10.4. The summed E-state index contributed by atoms with van der Waals surface area (Å²) < 4.78 is 1.65. The van der Waals surface area contributed by atoms with Gasteiger partial charge in [0.05, 0.1) is 10.7 Å². The fourth-order valence-corrected chi connectivity index (χ4v) is 1.98. The standard InChI is InChI=1S/C12H11Cl2N3O/c1-7-3-9(11(14)15-5-7)16-12(18)10-4-8(13)6-17(10)2/h3-6H,1-2H3,(H,16,18). The maximum Gasteiger partial charge on any atom is 0.272 e. The van der Waals surface area contributed by atoms with Gasteiger partial charge in [-0.1, -0.05) is 23.2 Å². The van der Waals surface area contributed by atoms with Crippen LogP contribution in [0.2, 0.25) is 10.2 Å². The van der Waals surface area contributed by atoms with Crippen LogP contribution in [0.25, 0.3) is 0 Å². The lowest BCUT2D eigenvalue weighted by Crippen LogP contribution is -2.15. The molecule has 2 rings (SSSR count). The Kier molecular flexibility index (Phi) is 3.59. The van der Waals surface area contributed by atoms with E-state index < -0.39 is 0 Å². The highest BCUT2D eigenvalue weighted by Gasteiger charge is 2.13. The molecule has 2 aromatic rings. The fourth-order valence-electron chi connectivity index (χ4n) is 1.58. The van der Waals surface area contributed by atoms with E-state index in [-0.39, 0.29) is 11.1 Å². The first-order valence-electron chi connectivity index (χ1n) is 5.22. The van der Waals surface area contributed by atoms with E-state index in [0.717, 1.165) is 5.56 Å². The first-order valence-corrected chi connectivity index (χ1v) is 5.98. The molecule has 1 N–H and O–H groups in total. The number of anilines is 1. The molecule has 18 heavy (non-hydrogen) atoms. The number of hydrogen-bond acceptors (Lipinski definition) is 2. The molecule has 0 fully saturated rings. The van der Waals surface area contributed by atoms with E-state index in [2.05, 4.69) is 10.3 Å². The summed E-state index contributed by atoms with van der Waals surface area (Å²) in [5, 5.41) is 3.48. The first kappa shape index (κ1) is 12.9. The number of hydrogen-bond donors (Lipinski definition) is 1. The van der Waals surface area contributed by atoms with Gasteiger partial charge in [0.15, 0.2) is 5.15 Å². The molecule has 94 valence electrons. The summed E-state index contributed by atoms with van der Waals surface area (Å²) >= 11 is 11.7. The molecule has 0 bridgehead atoms. The second kappa shape index (κ2) is 5.00. The third-order valence-electron chi connectivity index (χ3n) is 2.43. The van der Waals surface area contributed by atoms with Crippen LogP contribution in [-0.2, 0) is 7.05 Å². The van der Waals surface area contributed by atoms with Gasteiger partial charge in [-0.25, -0.2) is 4.98 Å². The van der Waals surface area contributed by atoms with Crippen LogP contribution in [0.15, 0.2) is 24.5 Å². The van der Waals surface area contributed by atoms with Crippen LogP contribution in [0.5, 0.6) is 0 Å². The van der Waals surface area contributed by atoms with Gasteiger partial charge in [0.1, 0.15) is 5.69 Å². The number of rotatable bonds is 2. The summed E-state index contributed by atoms with van der Waals surface area (Å²) in [5.74, 6) is -0.279. The minimum Gasteiger partial charge on any atom is -0.345 e. The van der Waals surface area contributed by atoms with Gasteiger partial charge in [0, 0.05) is 19.4 Å². The van der Waals surface area contributed by atoms with E-state index in [1.807, 2.05) is 6.92 Å². The van der Waals surface area contributed by atoms with Crippen molar-refractivity contribution in [1.29, 1.82) is 0 Å². The van der Waals surface area contributed by atoms with Crippen molar-refractivity contribution in [2.24, 2.45) is 7.05 Å². The molecule has 0 aliphatic rings. The van der Waals surface area contributed by atoms with E-state index in [0.29, 0.717) is 16.4 Å². The van der Waals surface area contributed by atoms with Crippen molar-refractivity contribution in [2.75, 3.05) is 5.32 Å². The average molecular weight is 284 g/mol. The second-order valence-corrected chi connectivity index (χ2v) is 4.75. The lowest BCUT2D eigenvalue weighted by molar-refractivity contribution is 0.101. The van der Waals surface area contributed by atoms with Gasteiger partial charge in [-0.15, -0.1) is 0 Å². The van der Waals surface area contributed by atoms with Gasteiger partial charge in [-0.2, -0.15) is 0 Å². The Bertz CT molecular complexity index is 607. The van der Waals surface area contributed by atoms with Gasteiger partial charge in [-0.3, -0.25) is 4.79 Å². The number of amides is 1. The summed E-state index contributed by atoms with van der Waals surface area (Å²) in [6.07, 6.45) is 3.30.